The fourth-order valence-electron chi connectivity index (χ4n) is 2.21. The van der Waals surface area contributed by atoms with Crippen LogP contribution in [0.1, 0.15) is 29.5 Å². The topological polar surface area (TPSA) is 46.2 Å². The lowest BCUT2D eigenvalue weighted by atomic mass is 10.0. The maximum atomic E-state index is 12.4. The number of sulfonamides is 1. The van der Waals surface area contributed by atoms with Gasteiger partial charge >= 0.3 is 0 Å². The maximum absolute atomic E-state index is 12.4. The van der Waals surface area contributed by atoms with E-state index in [9.17, 15) is 8.42 Å². The number of benzene rings is 2. The Morgan fingerprint density at radius 3 is 2.38 bits per heavy atom. The van der Waals surface area contributed by atoms with E-state index in [-0.39, 0.29) is 5.92 Å². The van der Waals surface area contributed by atoms with Crippen LogP contribution >= 0.6 is 0 Å². The molecular weight excluding hydrogens is 282 g/mol. The van der Waals surface area contributed by atoms with E-state index in [1.54, 1.807) is 6.07 Å². The summed E-state index contributed by atoms with van der Waals surface area (Å²) in [5, 5.41) is 0. The summed E-state index contributed by atoms with van der Waals surface area (Å²) < 4.78 is 27.6. The second-order valence-electron chi connectivity index (χ2n) is 5.43. The minimum absolute atomic E-state index is 0.131. The van der Waals surface area contributed by atoms with Crippen LogP contribution in [0.3, 0.4) is 0 Å². The molecule has 0 heterocycles. The fourth-order valence-corrected chi connectivity index (χ4v) is 3.67. The van der Waals surface area contributed by atoms with Crippen LogP contribution in [0.4, 0.5) is 0 Å². The SMILES string of the molecule is Cc1ccc(C)c(S(=O)(=O)NC[C@@H](C)c2ccccc2)c1. The summed E-state index contributed by atoms with van der Waals surface area (Å²) in [5.74, 6) is 0.131. The molecule has 0 saturated heterocycles. The highest BCUT2D eigenvalue weighted by atomic mass is 32.2. The zero-order chi connectivity index (χ0) is 15.5. The van der Waals surface area contributed by atoms with Crippen LogP contribution in [0.25, 0.3) is 0 Å². The van der Waals surface area contributed by atoms with Crippen molar-refractivity contribution in [1.29, 1.82) is 0 Å². The number of hydrogen-bond donors (Lipinski definition) is 1. The fraction of sp³-hybridized carbons (Fsp3) is 0.294. The van der Waals surface area contributed by atoms with Crippen LogP contribution in [0.15, 0.2) is 53.4 Å². The molecule has 0 aliphatic heterocycles. The Kier molecular flexibility index (Phi) is 4.80. The first kappa shape index (κ1) is 15.7. The van der Waals surface area contributed by atoms with Gasteiger partial charge in [-0.2, -0.15) is 0 Å². The predicted molar refractivity (Wildman–Crippen MR) is 86.0 cm³/mol. The van der Waals surface area contributed by atoms with Gasteiger partial charge in [-0.05, 0) is 42.5 Å². The number of aryl methyl sites for hydroxylation is 2. The lowest BCUT2D eigenvalue weighted by molar-refractivity contribution is 0.574. The Bertz CT molecular complexity index is 709. The lowest BCUT2D eigenvalue weighted by Gasteiger charge is -2.14. The minimum Gasteiger partial charge on any atom is -0.211 e. The average Bonchev–Trinajstić information content (AvgIpc) is 2.48. The van der Waals surface area contributed by atoms with E-state index in [1.165, 1.54) is 0 Å². The van der Waals surface area contributed by atoms with Crippen LogP contribution in [0, 0.1) is 13.8 Å². The summed E-state index contributed by atoms with van der Waals surface area (Å²) in [7, 11) is -3.47. The number of nitrogens with one attached hydrogen (secondary N) is 1. The average molecular weight is 303 g/mol. The van der Waals surface area contributed by atoms with Crippen LogP contribution in [-0.2, 0) is 10.0 Å². The zero-order valence-electron chi connectivity index (χ0n) is 12.6. The summed E-state index contributed by atoms with van der Waals surface area (Å²) in [4.78, 5) is 0.364. The van der Waals surface area contributed by atoms with E-state index in [4.69, 9.17) is 0 Å². The number of rotatable bonds is 5. The minimum atomic E-state index is -3.47. The highest BCUT2D eigenvalue weighted by Crippen LogP contribution is 2.18. The first-order valence-electron chi connectivity index (χ1n) is 7.02. The van der Waals surface area contributed by atoms with Crippen molar-refractivity contribution in [3.8, 4) is 0 Å². The summed E-state index contributed by atoms with van der Waals surface area (Å²) >= 11 is 0. The maximum Gasteiger partial charge on any atom is 0.240 e. The van der Waals surface area contributed by atoms with Gasteiger partial charge in [0.2, 0.25) is 10.0 Å². The Hall–Kier alpha value is -1.65. The van der Waals surface area contributed by atoms with Gasteiger partial charge in [0.15, 0.2) is 0 Å². The van der Waals surface area contributed by atoms with Crippen molar-refractivity contribution in [3.63, 3.8) is 0 Å². The summed E-state index contributed by atoms with van der Waals surface area (Å²) in [5.41, 5.74) is 2.83. The van der Waals surface area contributed by atoms with E-state index in [0.717, 1.165) is 16.7 Å². The summed E-state index contributed by atoms with van der Waals surface area (Å²) in [6.07, 6.45) is 0. The molecule has 0 amide bonds. The molecule has 0 saturated carbocycles. The van der Waals surface area contributed by atoms with Crippen molar-refractivity contribution in [2.75, 3.05) is 6.54 Å². The van der Waals surface area contributed by atoms with Gasteiger partial charge in [0.25, 0.3) is 0 Å². The second kappa shape index (κ2) is 6.41. The van der Waals surface area contributed by atoms with E-state index < -0.39 is 10.0 Å². The molecule has 1 atom stereocenters. The van der Waals surface area contributed by atoms with Gasteiger partial charge in [0, 0.05) is 6.54 Å². The first-order chi connectivity index (χ1) is 9.90. The molecule has 3 nitrogen and oxygen atoms in total. The third-order valence-corrected chi connectivity index (χ3v) is 5.15. The molecule has 4 heteroatoms. The van der Waals surface area contributed by atoms with Crippen molar-refractivity contribution < 1.29 is 8.42 Å². The molecule has 2 aromatic carbocycles. The zero-order valence-corrected chi connectivity index (χ0v) is 13.4. The van der Waals surface area contributed by atoms with Gasteiger partial charge in [-0.25, -0.2) is 13.1 Å². The summed E-state index contributed by atoms with van der Waals surface area (Å²) in [6.45, 7) is 6.11. The van der Waals surface area contributed by atoms with Gasteiger partial charge < -0.3 is 0 Å². The molecule has 0 fully saturated rings. The summed E-state index contributed by atoms with van der Waals surface area (Å²) in [6, 6.07) is 15.4. The Morgan fingerprint density at radius 2 is 1.71 bits per heavy atom. The standard InChI is InChI=1S/C17H21NO2S/c1-13-9-10-14(2)17(11-13)21(19,20)18-12-15(3)16-7-5-4-6-8-16/h4-11,15,18H,12H2,1-3H3/t15-/m1/s1. The van der Waals surface area contributed by atoms with E-state index in [0.29, 0.717) is 11.4 Å². The van der Waals surface area contributed by atoms with Gasteiger partial charge in [-0.3, -0.25) is 0 Å². The largest absolute Gasteiger partial charge is 0.240 e. The van der Waals surface area contributed by atoms with E-state index in [2.05, 4.69) is 4.72 Å². The molecule has 2 aromatic rings. The Morgan fingerprint density at radius 1 is 1.05 bits per heavy atom. The smallest absolute Gasteiger partial charge is 0.211 e. The third-order valence-electron chi connectivity index (χ3n) is 3.58. The first-order valence-corrected chi connectivity index (χ1v) is 8.50. The number of hydrogen-bond acceptors (Lipinski definition) is 2. The third kappa shape index (κ3) is 3.93. The molecule has 21 heavy (non-hydrogen) atoms. The van der Waals surface area contributed by atoms with Gasteiger partial charge in [0.1, 0.15) is 0 Å². The van der Waals surface area contributed by atoms with Crippen molar-refractivity contribution in [1.82, 2.24) is 4.72 Å². The van der Waals surface area contributed by atoms with E-state index in [1.807, 2.05) is 63.2 Å². The molecular formula is C17H21NO2S. The van der Waals surface area contributed by atoms with Gasteiger partial charge in [-0.1, -0.05) is 49.4 Å². The van der Waals surface area contributed by atoms with Crippen LogP contribution < -0.4 is 4.72 Å². The molecule has 0 aromatic heterocycles. The van der Waals surface area contributed by atoms with Crippen LogP contribution in [0.2, 0.25) is 0 Å². The molecule has 0 bridgehead atoms. The molecule has 0 spiro atoms. The van der Waals surface area contributed by atoms with E-state index >= 15 is 0 Å². The molecule has 1 N–H and O–H groups in total. The van der Waals surface area contributed by atoms with Crippen LogP contribution in [-0.4, -0.2) is 15.0 Å². The monoisotopic (exact) mass is 303 g/mol. The van der Waals surface area contributed by atoms with Crippen LogP contribution in [0.5, 0.6) is 0 Å². The second-order valence-corrected chi connectivity index (χ2v) is 7.17. The Labute approximate surface area is 127 Å². The molecule has 2 rings (SSSR count). The predicted octanol–water partition coefficient (Wildman–Crippen LogP) is 3.39. The Balaban J connectivity index is 2.13. The van der Waals surface area contributed by atoms with Gasteiger partial charge in [0.05, 0.1) is 4.90 Å². The van der Waals surface area contributed by atoms with Gasteiger partial charge in [-0.15, -0.1) is 0 Å². The van der Waals surface area contributed by atoms with Crippen molar-refractivity contribution >= 4 is 10.0 Å². The molecule has 112 valence electrons. The molecule has 0 aliphatic carbocycles. The molecule has 0 radical (unpaired) electrons. The highest BCUT2D eigenvalue weighted by Gasteiger charge is 2.18. The highest BCUT2D eigenvalue weighted by molar-refractivity contribution is 7.89. The lowest BCUT2D eigenvalue weighted by Crippen LogP contribution is -2.28. The molecule has 0 unspecified atom stereocenters. The van der Waals surface area contributed by atoms with Crippen molar-refractivity contribution in [3.05, 3.63) is 65.2 Å². The normalized spacial score (nSPS) is 13.1. The quantitative estimate of drug-likeness (QED) is 0.920. The van der Waals surface area contributed by atoms with Crippen molar-refractivity contribution in [2.24, 2.45) is 0 Å². The molecule has 0 aliphatic rings. The van der Waals surface area contributed by atoms with Crippen molar-refractivity contribution in [2.45, 2.75) is 31.6 Å².